The largest absolute Gasteiger partial charge is 0.278 e. The summed E-state index contributed by atoms with van der Waals surface area (Å²) in [4.78, 5) is 0. The van der Waals surface area contributed by atoms with Crippen LogP contribution in [0.1, 0.15) is 31.9 Å². The SMILES string of the molecule is Cc1ccc(F)cc1-c1[nH]ncc1C(C)(C)C. The van der Waals surface area contributed by atoms with Crippen molar-refractivity contribution in [2.24, 2.45) is 0 Å². The van der Waals surface area contributed by atoms with Crippen molar-refractivity contribution in [1.29, 1.82) is 0 Å². The summed E-state index contributed by atoms with van der Waals surface area (Å²) >= 11 is 0. The van der Waals surface area contributed by atoms with Crippen molar-refractivity contribution in [1.82, 2.24) is 10.2 Å². The smallest absolute Gasteiger partial charge is 0.123 e. The molecule has 2 aromatic rings. The molecule has 0 fully saturated rings. The molecular formula is C14H17FN2. The number of rotatable bonds is 1. The van der Waals surface area contributed by atoms with Gasteiger partial charge in [0.2, 0.25) is 0 Å². The molecule has 2 rings (SSSR count). The number of benzene rings is 1. The number of aryl methyl sites for hydroxylation is 1. The van der Waals surface area contributed by atoms with Gasteiger partial charge in [0.1, 0.15) is 5.82 Å². The number of hydrogen-bond donors (Lipinski definition) is 1. The molecule has 2 nitrogen and oxygen atoms in total. The number of H-pyrrole nitrogens is 1. The van der Waals surface area contributed by atoms with E-state index in [1.54, 1.807) is 12.1 Å². The van der Waals surface area contributed by atoms with Crippen molar-refractivity contribution < 1.29 is 4.39 Å². The van der Waals surface area contributed by atoms with Crippen molar-refractivity contribution in [3.63, 3.8) is 0 Å². The van der Waals surface area contributed by atoms with Gasteiger partial charge in [0.25, 0.3) is 0 Å². The van der Waals surface area contributed by atoms with E-state index in [0.29, 0.717) is 0 Å². The van der Waals surface area contributed by atoms with E-state index >= 15 is 0 Å². The fraction of sp³-hybridized carbons (Fsp3) is 0.357. The Hall–Kier alpha value is -1.64. The molecule has 17 heavy (non-hydrogen) atoms. The van der Waals surface area contributed by atoms with Crippen LogP contribution in [0.3, 0.4) is 0 Å². The zero-order valence-electron chi connectivity index (χ0n) is 10.6. The van der Waals surface area contributed by atoms with Gasteiger partial charge in [0.15, 0.2) is 0 Å². The predicted octanol–water partition coefficient (Wildman–Crippen LogP) is 3.82. The molecule has 0 saturated carbocycles. The minimum absolute atomic E-state index is 0.0128. The second-order valence-corrected chi connectivity index (χ2v) is 5.37. The topological polar surface area (TPSA) is 28.7 Å². The number of nitrogens with zero attached hydrogens (tertiary/aromatic N) is 1. The quantitative estimate of drug-likeness (QED) is 0.795. The average Bonchev–Trinajstić information content (AvgIpc) is 2.69. The Bertz CT molecular complexity index is 535. The third-order valence-corrected chi connectivity index (χ3v) is 2.92. The van der Waals surface area contributed by atoms with Gasteiger partial charge in [-0.15, -0.1) is 0 Å². The summed E-state index contributed by atoms with van der Waals surface area (Å²) < 4.78 is 13.3. The van der Waals surface area contributed by atoms with Crippen LogP contribution in [0.2, 0.25) is 0 Å². The number of aromatic amines is 1. The Morgan fingerprint density at radius 3 is 2.59 bits per heavy atom. The minimum Gasteiger partial charge on any atom is -0.278 e. The summed E-state index contributed by atoms with van der Waals surface area (Å²) in [7, 11) is 0. The van der Waals surface area contributed by atoms with Crippen LogP contribution < -0.4 is 0 Å². The fourth-order valence-corrected chi connectivity index (χ4v) is 1.92. The van der Waals surface area contributed by atoms with Gasteiger partial charge in [-0.1, -0.05) is 26.8 Å². The average molecular weight is 232 g/mol. The van der Waals surface area contributed by atoms with Crippen molar-refractivity contribution in [3.05, 3.63) is 41.3 Å². The molecule has 3 heteroatoms. The highest BCUT2D eigenvalue weighted by Gasteiger charge is 2.21. The lowest BCUT2D eigenvalue weighted by molar-refractivity contribution is 0.592. The molecule has 90 valence electrons. The van der Waals surface area contributed by atoms with Gasteiger partial charge >= 0.3 is 0 Å². The summed E-state index contributed by atoms with van der Waals surface area (Å²) in [6.07, 6.45) is 1.82. The number of hydrogen-bond acceptors (Lipinski definition) is 1. The first-order chi connectivity index (χ1) is 7.89. The highest BCUT2D eigenvalue weighted by molar-refractivity contribution is 5.67. The number of aromatic nitrogens is 2. The lowest BCUT2D eigenvalue weighted by Gasteiger charge is -2.19. The first-order valence-corrected chi connectivity index (χ1v) is 5.70. The van der Waals surface area contributed by atoms with E-state index in [4.69, 9.17) is 0 Å². The Morgan fingerprint density at radius 2 is 1.94 bits per heavy atom. The molecule has 0 aliphatic rings. The third-order valence-electron chi connectivity index (χ3n) is 2.92. The molecule has 0 spiro atoms. The van der Waals surface area contributed by atoms with Gasteiger partial charge in [-0.3, -0.25) is 5.10 Å². The summed E-state index contributed by atoms with van der Waals surface area (Å²) in [6, 6.07) is 4.82. The molecule has 1 N–H and O–H groups in total. The van der Waals surface area contributed by atoms with Crippen LogP contribution in [0.5, 0.6) is 0 Å². The molecule has 0 amide bonds. The molecule has 0 atom stereocenters. The van der Waals surface area contributed by atoms with Gasteiger partial charge in [-0.2, -0.15) is 5.10 Å². The lowest BCUT2D eigenvalue weighted by Crippen LogP contribution is -2.11. The van der Waals surface area contributed by atoms with E-state index in [1.165, 1.54) is 6.07 Å². The predicted molar refractivity (Wildman–Crippen MR) is 67.4 cm³/mol. The third kappa shape index (κ3) is 2.23. The van der Waals surface area contributed by atoms with Crippen LogP contribution in [0.4, 0.5) is 4.39 Å². The van der Waals surface area contributed by atoms with Crippen LogP contribution in [-0.4, -0.2) is 10.2 Å². The second kappa shape index (κ2) is 3.99. The molecule has 0 unspecified atom stereocenters. The van der Waals surface area contributed by atoms with E-state index in [0.717, 1.165) is 22.4 Å². The van der Waals surface area contributed by atoms with E-state index in [2.05, 4.69) is 31.0 Å². The highest BCUT2D eigenvalue weighted by atomic mass is 19.1. The maximum atomic E-state index is 13.3. The van der Waals surface area contributed by atoms with Gasteiger partial charge in [0, 0.05) is 11.1 Å². The zero-order valence-corrected chi connectivity index (χ0v) is 10.6. The molecule has 1 aromatic heterocycles. The molecule has 1 aromatic carbocycles. The fourth-order valence-electron chi connectivity index (χ4n) is 1.92. The standard InChI is InChI=1S/C14H17FN2/c1-9-5-6-10(15)7-11(9)13-12(8-16-17-13)14(2,3)4/h5-8H,1-4H3,(H,16,17). The van der Waals surface area contributed by atoms with E-state index in [-0.39, 0.29) is 11.2 Å². The summed E-state index contributed by atoms with van der Waals surface area (Å²) in [6.45, 7) is 8.34. The molecule has 0 saturated heterocycles. The van der Waals surface area contributed by atoms with Crippen LogP contribution in [0.15, 0.2) is 24.4 Å². The Kier molecular flexibility index (Phi) is 2.77. The minimum atomic E-state index is -0.222. The maximum absolute atomic E-state index is 13.3. The highest BCUT2D eigenvalue weighted by Crippen LogP contribution is 2.32. The Morgan fingerprint density at radius 1 is 1.24 bits per heavy atom. The number of halogens is 1. The van der Waals surface area contributed by atoms with Gasteiger partial charge in [-0.25, -0.2) is 4.39 Å². The van der Waals surface area contributed by atoms with Crippen molar-refractivity contribution >= 4 is 0 Å². The number of nitrogens with one attached hydrogen (secondary N) is 1. The normalized spacial score (nSPS) is 11.8. The van der Waals surface area contributed by atoms with Crippen LogP contribution in [0.25, 0.3) is 11.3 Å². The molecule has 0 aliphatic heterocycles. The van der Waals surface area contributed by atoms with E-state index in [9.17, 15) is 4.39 Å². The van der Waals surface area contributed by atoms with Crippen LogP contribution in [-0.2, 0) is 5.41 Å². The monoisotopic (exact) mass is 232 g/mol. The van der Waals surface area contributed by atoms with Crippen molar-refractivity contribution in [2.75, 3.05) is 0 Å². The molecule has 0 aliphatic carbocycles. The van der Waals surface area contributed by atoms with Crippen LogP contribution in [0, 0.1) is 12.7 Å². The van der Waals surface area contributed by atoms with Gasteiger partial charge < -0.3 is 0 Å². The van der Waals surface area contributed by atoms with E-state index < -0.39 is 0 Å². The maximum Gasteiger partial charge on any atom is 0.123 e. The molecular weight excluding hydrogens is 215 g/mol. The second-order valence-electron chi connectivity index (χ2n) is 5.37. The summed E-state index contributed by atoms with van der Waals surface area (Å²) in [5, 5.41) is 7.07. The lowest BCUT2D eigenvalue weighted by atomic mass is 9.85. The first-order valence-electron chi connectivity index (χ1n) is 5.70. The molecule has 1 heterocycles. The van der Waals surface area contributed by atoms with Gasteiger partial charge in [0.05, 0.1) is 11.9 Å². The first kappa shape index (κ1) is 11.8. The van der Waals surface area contributed by atoms with Crippen molar-refractivity contribution in [3.8, 4) is 11.3 Å². The van der Waals surface area contributed by atoms with Crippen molar-refractivity contribution in [2.45, 2.75) is 33.1 Å². The van der Waals surface area contributed by atoms with E-state index in [1.807, 2.05) is 13.1 Å². The summed E-state index contributed by atoms with van der Waals surface area (Å²) in [5.41, 5.74) is 3.93. The summed E-state index contributed by atoms with van der Waals surface area (Å²) in [5.74, 6) is -0.222. The Labute approximate surface area is 101 Å². The molecule has 0 bridgehead atoms. The molecule has 0 radical (unpaired) electrons. The van der Waals surface area contributed by atoms with Crippen LogP contribution >= 0.6 is 0 Å². The Balaban J connectivity index is 2.61. The zero-order chi connectivity index (χ0) is 12.6. The van der Waals surface area contributed by atoms with Gasteiger partial charge in [-0.05, 0) is 30.0 Å².